The van der Waals surface area contributed by atoms with Gasteiger partial charge in [-0.2, -0.15) is 0 Å². The number of nitrogens with zero attached hydrogens (tertiary/aromatic N) is 1. The Labute approximate surface area is 65.4 Å². The zero-order valence-corrected chi connectivity index (χ0v) is 6.45. The Balaban J connectivity index is 4.34. The Kier molecular flexibility index (Phi) is 4.14. The fourth-order valence-corrected chi connectivity index (χ4v) is 0.512. The molecule has 1 atom stereocenters. The second-order valence-corrected chi connectivity index (χ2v) is 2.09. The van der Waals surface area contributed by atoms with Gasteiger partial charge >= 0.3 is 5.97 Å². The van der Waals surface area contributed by atoms with Gasteiger partial charge in [0.25, 0.3) is 0 Å². The van der Waals surface area contributed by atoms with E-state index in [1.54, 1.807) is 0 Å². The van der Waals surface area contributed by atoms with Gasteiger partial charge in [-0.05, 0) is 19.2 Å². The van der Waals surface area contributed by atoms with Crippen LogP contribution < -0.4 is 5.73 Å². The van der Waals surface area contributed by atoms with Gasteiger partial charge in [-0.3, -0.25) is 4.99 Å². The average Bonchev–Trinajstić information content (AvgIpc) is 1.99. The first-order chi connectivity index (χ1) is 5.11. The molecule has 0 aromatic rings. The van der Waals surface area contributed by atoms with Crippen LogP contribution >= 0.6 is 0 Å². The van der Waals surface area contributed by atoms with Gasteiger partial charge in [0.05, 0.1) is 0 Å². The molecule has 0 heterocycles. The standard InChI is InChI=1S/C7H12N2O2/c1-3-5(8)4-6(9-2)7(10)11/h4-5H,2-3,8H2,1H3,(H,10,11)/b6-4-. The lowest BCUT2D eigenvalue weighted by molar-refractivity contribution is -0.132. The number of rotatable bonds is 4. The van der Waals surface area contributed by atoms with Crippen LogP contribution in [-0.4, -0.2) is 23.8 Å². The number of aliphatic imine (C=N–C) groups is 1. The topological polar surface area (TPSA) is 75.7 Å². The van der Waals surface area contributed by atoms with Crippen LogP contribution in [0.3, 0.4) is 0 Å². The summed E-state index contributed by atoms with van der Waals surface area (Å²) >= 11 is 0. The molecule has 3 N–H and O–H groups in total. The third-order valence-corrected chi connectivity index (χ3v) is 1.23. The normalized spacial score (nSPS) is 14.2. The molecule has 4 nitrogen and oxygen atoms in total. The van der Waals surface area contributed by atoms with E-state index in [1.807, 2.05) is 6.92 Å². The number of nitrogens with two attached hydrogens (primary N) is 1. The number of carboxylic acid groups (broad SMARTS) is 1. The smallest absolute Gasteiger partial charge is 0.354 e. The molecule has 0 saturated heterocycles. The maximum atomic E-state index is 10.3. The zero-order chi connectivity index (χ0) is 8.85. The summed E-state index contributed by atoms with van der Waals surface area (Å²) in [5.74, 6) is -1.09. The molecule has 11 heavy (non-hydrogen) atoms. The van der Waals surface area contributed by atoms with Crippen molar-refractivity contribution in [3.8, 4) is 0 Å². The first-order valence-electron chi connectivity index (χ1n) is 3.29. The van der Waals surface area contributed by atoms with Crippen LogP contribution in [0, 0.1) is 0 Å². The molecule has 0 fully saturated rings. The van der Waals surface area contributed by atoms with Gasteiger partial charge < -0.3 is 10.8 Å². The third-order valence-electron chi connectivity index (χ3n) is 1.23. The second-order valence-electron chi connectivity index (χ2n) is 2.09. The van der Waals surface area contributed by atoms with Crippen molar-refractivity contribution in [3.63, 3.8) is 0 Å². The van der Waals surface area contributed by atoms with Crippen molar-refractivity contribution in [2.45, 2.75) is 19.4 Å². The Morgan fingerprint density at radius 1 is 1.91 bits per heavy atom. The molecular formula is C7H12N2O2. The molecule has 0 aromatic heterocycles. The minimum atomic E-state index is -1.09. The Morgan fingerprint density at radius 2 is 2.45 bits per heavy atom. The maximum absolute atomic E-state index is 10.3. The molecule has 0 saturated carbocycles. The highest BCUT2D eigenvalue weighted by molar-refractivity contribution is 5.87. The first-order valence-corrected chi connectivity index (χ1v) is 3.29. The number of aliphatic carboxylic acids is 1. The predicted octanol–water partition coefficient (Wildman–Crippen LogP) is 0.393. The molecule has 0 aromatic carbocycles. The highest BCUT2D eigenvalue weighted by atomic mass is 16.4. The van der Waals surface area contributed by atoms with E-state index in [0.717, 1.165) is 0 Å². The summed E-state index contributed by atoms with van der Waals surface area (Å²) in [5, 5.41) is 8.46. The van der Waals surface area contributed by atoms with E-state index in [4.69, 9.17) is 10.8 Å². The van der Waals surface area contributed by atoms with E-state index < -0.39 is 5.97 Å². The molecule has 0 spiro atoms. The summed E-state index contributed by atoms with van der Waals surface area (Å²) in [4.78, 5) is 13.6. The number of hydrogen-bond acceptors (Lipinski definition) is 3. The molecule has 1 unspecified atom stereocenters. The average molecular weight is 156 g/mol. The van der Waals surface area contributed by atoms with Crippen molar-refractivity contribution in [1.82, 2.24) is 0 Å². The molecule has 0 aliphatic heterocycles. The van der Waals surface area contributed by atoms with E-state index in [9.17, 15) is 4.79 Å². The quantitative estimate of drug-likeness (QED) is 0.456. The van der Waals surface area contributed by atoms with Crippen molar-refractivity contribution < 1.29 is 9.90 Å². The molecular weight excluding hydrogens is 144 g/mol. The van der Waals surface area contributed by atoms with Crippen LogP contribution in [0.2, 0.25) is 0 Å². The molecule has 0 radical (unpaired) electrons. The van der Waals surface area contributed by atoms with Gasteiger partial charge in [0.1, 0.15) is 5.70 Å². The van der Waals surface area contributed by atoms with Crippen molar-refractivity contribution >= 4 is 12.7 Å². The van der Waals surface area contributed by atoms with Gasteiger partial charge in [0, 0.05) is 6.04 Å². The summed E-state index contributed by atoms with van der Waals surface area (Å²) in [5.41, 5.74) is 5.38. The summed E-state index contributed by atoms with van der Waals surface area (Å²) in [7, 11) is 0. The van der Waals surface area contributed by atoms with Gasteiger partial charge in [0.15, 0.2) is 0 Å². The summed E-state index contributed by atoms with van der Waals surface area (Å²) in [6.45, 7) is 4.98. The lowest BCUT2D eigenvalue weighted by Gasteiger charge is -2.01. The van der Waals surface area contributed by atoms with E-state index in [1.165, 1.54) is 6.08 Å². The van der Waals surface area contributed by atoms with E-state index in [2.05, 4.69) is 11.7 Å². The van der Waals surface area contributed by atoms with Gasteiger partial charge in [0.2, 0.25) is 0 Å². The van der Waals surface area contributed by atoms with E-state index in [-0.39, 0.29) is 11.7 Å². The van der Waals surface area contributed by atoms with Crippen LogP contribution in [0.15, 0.2) is 16.8 Å². The van der Waals surface area contributed by atoms with Gasteiger partial charge in [-0.15, -0.1) is 0 Å². The molecule has 0 rings (SSSR count). The SMILES string of the molecule is C=N/C(=C\C(N)CC)C(=O)O. The van der Waals surface area contributed by atoms with Gasteiger partial charge in [-0.25, -0.2) is 4.79 Å². The molecule has 62 valence electrons. The first kappa shape index (κ1) is 9.84. The lowest BCUT2D eigenvalue weighted by Crippen LogP contribution is -2.17. The highest BCUT2D eigenvalue weighted by Crippen LogP contribution is 1.99. The minimum Gasteiger partial charge on any atom is -0.477 e. The minimum absolute atomic E-state index is 0.0839. The summed E-state index contributed by atoms with van der Waals surface area (Å²) < 4.78 is 0. The van der Waals surface area contributed by atoms with Gasteiger partial charge in [-0.1, -0.05) is 6.92 Å². The number of carbonyl (C=O) groups is 1. The van der Waals surface area contributed by atoms with Crippen LogP contribution in [0.4, 0.5) is 0 Å². The molecule has 4 heteroatoms. The number of hydrogen-bond donors (Lipinski definition) is 2. The van der Waals surface area contributed by atoms with Crippen molar-refractivity contribution in [2.75, 3.05) is 0 Å². The van der Waals surface area contributed by atoms with Crippen LogP contribution in [0.1, 0.15) is 13.3 Å². The molecule has 0 aliphatic rings. The maximum Gasteiger partial charge on any atom is 0.354 e. The fourth-order valence-electron chi connectivity index (χ4n) is 0.512. The largest absolute Gasteiger partial charge is 0.477 e. The third kappa shape index (κ3) is 3.52. The second kappa shape index (κ2) is 4.62. The molecule has 0 aliphatic carbocycles. The Morgan fingerprint density at radius 3 is 2.73 bits per heavy atom. The zero-order valence-electron chi connectivity index (χ0n) is 6.45. The monoisotopic (exact) mass is 156 g/mol. The fraction of sp³-hybridized carbons (Fsp3) is 0.429. The predicted molar refractivity (Wildman–Crippen MR) is 43.5 cm³/mol. The Bertz CT molecular complexity index is 187. The van der Waals surface area contributed by atoms with E-state index in [0.29, 0.717) is 6.42 Å². The lowest BCUT2D eigenvalue weighted by atomic mass is 10.2. The van der Waals surface area contributed by atoms with Crippen molar-refractivity contribution in [2.24, 2.45) is 10.7 Å². The van der Waals surface area contributed by atoms with Crippen molar-refractivity contribution in [1.29, 1.82) is 0 Å². The van der Waals surface area contributed by atoms with E-state index >= 15 is 0 Å². The van der Waals surface area contributed by atoms with Crippen molar-refractivity contribution in [3.05, 3.63) is 11.8 Å². The van der Waals surface area contributed by atoms with Crippen LogP contribution in [0.5, 0.6) is 0 Å². The van der Waals surface area contributed by atoms with Crippen LogP contribution in [-0.2, 0) is 4.79 Å². The number of carboxylic acids is 1. The Hall–Kier alpha value is -1.16. The van der Waals surface area contributed by atoms with Crippen LogP contribution in [0.25, 0.3) is 0 Å². The summed E-state index contributed by atoms with van der Waals surface area (Å²) in [6, 6.07) is -0.258. The summed E-state index contributed by atoms with van der Waals surface area (Å²) in [6.07, 6.45) is 2.07. The molecule has 0 amide bonds. The molecule has 0 bridgehead atoms. The highest BCUT2D eigenvalue weighted by Gasteiger charge is 2.05.